The van der Waals surface area contributed by atoms with E-state index in [9.17, 15) is 4.79 Å². The molecule has 0 saturated heterocycles. The minimum atomic E-state index is -0.116. The van der Waals surface area contributed by atoms with Crippen molar-refractivity contribution in [1.82, 2.24) is 5.32 Å². The van der Waals surface area contributed by atoms with E-state index in [-0.39, 0.29) is 11.2 Å². The van der Waals surface area contributed by atoms with Crippen LogP contribution >= 0.6 is 11.8 Å². The highest BCUT2D eigenvalue weighted by atomic mass is 32.2. The standard InChI is InChI=1S/C10H11NOS.C2H6/c1-11-9-8-5-3-2-4-7(8)6-13-10(9)12;1-2/h2-5,9,11H,6H2,1H3;1-2H3. The third-order valence-electron chi connectivity index (χ3n) is 2.26. The number of carbonyl (C=O) groups is 1. The molecule has 0 fully saturated rings. The van der Waals surface area contributed by atoms with Crippen molar-refractivity contribution in [3.05, 3.63) is 35.4 Å². The van der Waals surface area contributed by atoms with Gasteiger partial charge in [0, 0.05) is 5.75 Å². The van der Waals surface area contributed by atoms with Gasteiger partial charge in [0.2, 0.25) is 5.12 Å². The topological polar surface area (TPSA) is 29.1 Å². The largest absolute Gasteiger partial charge is 0.306 e. The summed E-state index contributed by atoms with van der Waals surface area (Å²) in [6.45, 7) is 4.00. The molecular formula is C12H17NOS. The zero-order valence-electron chi connectivity index (χ0n) is 9.41. The SMILES string of the molecule is CC.CNC1C(=O)SCc2ccccc21. The lowest BCUT2D eigenvalue weighted by Crippen LogP contribution is -2.27. The van der Waals surface area contributed by atoms with Crippen molar-refractivity contribution < 1.29 is 4.79 Å². The molecular weight excluding hydrogens is 206 g/mol. The fourth-order valence-corrected chi connectivity index (χ4v) is 2.55. The smallest absolute Gasteiger partial charge is 0.210 e. The van der Waals surface area contributed by atoms with Crippen LogP contribution in [0.5, 0.6) is 0 Å². The lowest BCUT2D eigenvalue weighted by molar-refractivity contribution is -0.112. The molecule has 0 aromatic heterocycles. The second-order valence-electron chi connectivity index (χ2n) is 3.03. The molecule has 2 rings (SSSR count). The van der Waals surface area contributed by atoms with Gasteiger partial charge < -0.3 is 5.32 Å². The van der Waals surface area contributed by atoms with Crippen LogP contribution in [0.1, 0.15) is 31.0 Å². The van der Waals surface area contributed by atoms with Gasteiger partial charge in [-0.3, -0.25) is 4.79 Å². The van der Waals surface area contributed by atoms with Crippen LogP contribution in [0.15, 0.2) is 24.3 Å². The van der Waals surface area contributed by atoms with Crippen LogP contribution in [0, 0.1) is 0 Å². The first kappa shape index (κ1) is 12.3. The van der Waals surface area contributed by atoms with Crippen LogP contribution in [-0.2, 0) is 10.5 Å². The summed E-state index contributed by atoms with van der Waals surface area (Å²) < 4.78 is 0. The molecule has 82 valence electrons. The molecule has 1 aliphatic rings. The molecule has 0 radical (unpaired) electrons. The molecule has 0 aliphatic carbocycles. The highest BCUT2D eigenvalue weighted by molar-refractivity contribution is 8.13. The van der Waals surface area contributed by atoms with E-state index in [1.54, 1.807) is 0 Å². The molecule has 0 bridgehead atoms. The molecule has 0 amide bonds. The Labute approximate surface area is 95.5 Å². The molecule has 1 aromatic carbocycles. The Morgan fingerprint density at radius 1 is 1.33 bits per heavy atom. The monoisotopic (exact) mass is 223 g/mol. The highest BCUT2D eigenvalue weighted by Gasteiger charge is 2.25. The van der Waals surface area contributed by atoms with Crippen molar-refractivity contribution in [2.45, 2.75) is 25.6 Å². The Kier molecular flexibility index (Phi) is 4.85. The van der Waals surface area contributed by atoms with Gasteiger partial charge in [-0.1, -0.05) is 49.9 Å². The quantitative estimate of drug-likeness (QED) is 0.793. The number of thioether (sulfide) groups is 1. The second-order valence-corrected chi connectivity index (χ2v) is 4.01. The summed E-state index contributed by atoms with van der Waals surface area (Å²) in [5.41, 5.74) is 2.40. The zero-order valence-corrected chi connectivity index (χ0v) is 10.2. The van der Waals surface area contributed by atoms with Gasteiger partial charge in [-0.05, 0) is 18.2 Å². The number of carbonyl (C=O) groups excluding carboxylic acids is 1. The van der Waals surface area contributed by atoms with E-state index in [1.165, 1.54) is 17.3 Å². The summed E-state index contributed by atoms with van der Waals surface area (Å²) in [6.07, 6.45) is 0. The van der Waals surface area contributed by atoms with E-state index in [0.717, 1.165) is 11.3 Å². The summed E-state index contributed by atoms with van der Waals surface area (Å²) in [5, 5.41) is 3.26. The lowest BCUT2D eigenvalue weighted by atomic mass is 10.0. The summed E-state index contributed by atoms with van der Waals surface area (Å²) in [7, 11) is 1.82. The van der Waals surface area contributed by atoms with Gasteiger partial charge in [-0.25, -0.2) is 0 Å². The highest BCUT2D eigenvalue weighted by Crippen LogP contribution is 2.32. The van der Waals surface area contributed by atoms with Gasteiger partial charge in [0.1, 0.15) is 6.04 Å². The molecule has 15 heavy (non-hydrogen) atoms. The second kappa shape index (κ2) is 5.93. The zero-order chi connectivity index (χ0) is 11.3. The Balaban J connectivity index is 0.000000531. The number of hydrogen-bond donors (Lipinski definition) is 1. The predicted molar refractivity (Wildman–Crippen MR) is 65.9 cm³/mol. The Hall–Kier alpha value is -0.800. The Bertz CT molecular complexity index is 338. The van der Waals surface area contributed by atoms with Gasteiger partial charge in [0.25, 0.3) is 0 Å². The molecule has 1 heterocycles. The van der Waals surface area contributed by atoms with Gasteiger partial charge in [0.05, 0.1) is 0 Å². The summed E-state index contributed by atoms with van der Waals surface area (Å²) in [5.74, 6) is 0.813. The van der Waals surface area contributed by atoms with Crippen LogP contribution in [-0.4, -0.2) is 12.2 Å². The Morgan fingerprint density at radius 2 is 2.00 bits per heavy atom. The minimum Gasteiger partial charge on any atom is -0.306 e. The minimum absolute atomic E-state index is 0.116. The maximum absolute atomic E-state index is 11.5. The number of likely N-dealkylation sites (N-methyl/N-ethyl adjacent to an activating group) is 1. The van der Waals surface area contributed by atoms with Gasteiger partial charge >= 0.3 is 0 Å². The molecule has 2 nitrogen and oxygen atoms in total. The van der Waals surface area contributed by atoms with Crippen molar-refractivity contribution in [2.75, 3.05) is 7.05 Å². The number of rotatable bonds is 1. The molecule has 3 heteroatoms. The van der Waals surface area contributed by atoms with Crippen molar-refractivity contribution in [3.63, 3.8) is 0 Å². The number of hydrogen-bond acceptors (Lipinski definition) is 3. The van der Waals surface area contributed by atoms with Crippen LogP contribution in [0.2, 0.25) is 0 Å². The molecule has 0 spiro atoms. The van der Waals surface area contributed by atoms with E-state index in [1.807, 2.05) is 39.1 Å². The van der Waals surface area contributed by atoms with Gasteiger partial charge in [-0.2, -0.15) is 0 Å². The van der Waals surface area contributed by atoms with E-state index in [2.05, 4.69) is 11.4 Å². The van der Waals surface area contributed by atoms with Gasteiger partial charge in [-0.15, -0.1) is 0 Å². The van der Waals surface area contributed by atoms with Crippen LogP contribution in [0.25, 0.3) is 0 Å². The molecule has 0 saturated carbocycles. The summed E-state index contributed by atoms with van der Waals surface area (Å²) >= 11 is 1.39. The number of fused-ring (bicyclic) bond motifs is 1. The number of nitrogens with one attached hydrogen (secondary N) is 1. The average molecular weight is 223 g/mol. The van der Waals surface area contributed by atoms with Crippen molar-refractivity contribution in [1.29, 1.82) is 0 Å². The van der Waals surface area contributed by atoms with E-state index >= 15 is 0 Å². The van der Waals surface area contributed by atoms with Crippen molar-refractivity contribution in [2.24, 2.45) is 0 Å². The first-order valence-electron chi connectivity index (χ1n) is 5.24. The summed E-state index contributed by atoms with van der Waals surface area (Å²) in [4.78, 5) is 11.5. The van der Waals surface area contributed by atoms with Crippen molar-refractivity contribution >= 4 is 16.9 Å². The maximum Gasteiger partial charge on any atom is 0.210 e. The molecule has 1 N–H and O–H groups in total. The molecule has 1 aromatic rings. The van der Waals surface area contributed by atoms with Crippen molar-refractivity contribution in [3.8, 4) is 0 Å². The average Bonchev–Trinajstić information content (AvgIpc) is 2.32. The first-order valence-corrected chi connectivity index (χ1v) is 6.23. The van der Waals surface area contributed by atoms with E-state index < -0.39 is 0 Å². The number of benzene rings is 1. The van der Waals surface area contributed by atoms with Crippen LogP contribution in [0.3, 0.4) is 0 Å². The lowest BCUT2D eigenvalue weighted by Gasteiger charge is -2.22. The van der Waals surface area contributed by atoms with E-state index in [4.69, 9.17) is 0 Å². The first-order chi connectivity index (χ1) is 7.33. The molecule has 1 unspecified atom stereocenters. The normalized spacial score (nSPS) is 18.9. The van der Waals surface area contributed by atoms with Crippen LogP contribution in [0.4, 0.5) is 0 Å². The third kappa shape index (κ3) is 2.61. The maximum atomic E-state index is 11.5. The molecule has 1 atom stereocenters. The fraction of sp³-hybridized carbons (Fsp3) is 0.417. The fourth-order valence-electron chi connectivity index (χ4n) is 1.58. The van der Waals surface area contributed by atoms with Gasteiger partial charge in [0.15, 0.2) is 0 Å². The molecule has 1 aliphatic heterocycles. The van der Waals surface area contributed by atoms with E-state index in [0.29, 0.717) is 0 Å². The van der Waals surface area contributed by atoms with Crippen LogP contribution < -0.4 is 5.32 Å². The summed E-state index contributed by atoms with van der Waals surface area (Å²) in [6, 6.07) is 7.98. The predicted octanol–water partition coefficient (Wildman–Crippen LogP) is 2.75. The Morgan fingerprint density at radius 3 is 2.67 bits per heavy atom. The third-order valence-corrected chi connectivity index (χ3v) is 3.24.